The van der Waals surface area contributed by atoms with Crippen molar-refractivity contribution in [3.05, 3.63) is 69.8 Å². The number of hydrogen-bond acceptors (Lipinski definition) is 5. The number of fused-ring (bicyclic) bond motifs is 1. The molecular formula is C20H20N4O4. The van der Waals surface area contributed by atoms with Crippen molar-refractivity contribution >= 4 is 29.4 Å². The minimum absolute atomic E-state index is 0.0148. The first-order valence-electron chi connectivity index (χ1n) is 8.99. The Balaban J connectivity index is 1.48. The van der Waals surface area contributed by atoms with Gasteiger partial charge in [-0.05, 0) is 42.2 Å². The second-order valence-electron chi connectivity index (χ2n) is 6.42. The maximum atomic E-state index is 12.5. The molecule has 0 spiro atoms. The van der Waals surface area contributed by atoms with E-state index in [2.05, 4.69) is 10.5 Å². The average molecular weight is 380 g/mol. The highest BCUT2D eigenvalue weighted by Crippen LogP contribution is 2.27. The number of hydrazone groups is 1. The van der Waals surface area contributed by atoms with Gasteiger partial charge in [0, 0.05) is 37.2 Å². The van der Waals surface area contributed by atoms with Crippen LogP contribution in [0.15, 0.2) is 53.6 Å². The number of amides is 2. The summed E-state index contributed by atoms with van der Waals surface area (Å²) in [6, 6.07) is 13.6. The van der Waals surface area contributed by atoms with Gasteiger partial charge in [-0.1, -0.05) is 18.2 Å². The zero-order valence-electron chi connectivity index (χ0n) is 15.2. The predicted octanol–water partition coefficient (Wildman–Crippen LogP) is 2.80. The highest BCUT2D eigenvalue weighted by molar-refractivity contribution is 5.96. The smallest absolute Gasteiger partial charge is 0.269 e. The highest BCUT2D eigenvalue weighted by atomic mass is 16.6. The molecule has 2 amide bonds. The Morgan fingerprint density at radius 1 is 1.14 bits per heavy atom. The summed E-state index contributed by atoms with van der Waals surface area (Å²) in [6.45, 7) is 0.662. The molecule has 8 heteroatoms. The molecule has 1 aliphatic heterocycles. The zero-order chi connectivity index (χ0) is 19.9. The van der Waals surface area contributed by atoms with Crippen molar-refractivity contribution in [2.45, 2.75) is 25.7 Å². The number of rotatable bonds is 6. The molecule has 144 valence electrons. The molecule has 2 aromatic rings. The quantitative estimate of drug-likeness (QED) is 0.472. The topological polar surface area (TPSA) is 105 Å². The van der Waals surface area contributed by atoms with E-state index in [1.54, 1.807) is 4.90 Å². The van der Waals surface area contributed by atoms with Crippen LogP contribution in [-0.4, -0.2) is 29.5 Å². The Bertz CT molecular complexity index is 909. The monoisotopic (exact) mass is 380 g/mol. The summed E-state index contributed by atoms with van der Waals surface area (Å²) < 4.78 is 0. The number of carbonyl (C=O) groups is 2. The molecule has 0 saturated carbocycles. The van der Waals surface area contributed by atoms with Crippen molar-refractivity contribution < 1.29 is 14.5 Å². The second kappa shape index (κ2) is 8.90. The summed E-state index contributed by atoms with van der Waals surface area (Å²) in [4.78, 5) is 36.3. The first-order valence-corrected chi connectivity index (χ1v) is 8.99. The van der Waals surface area contributed by atoms with Crippen LogP contribution in [0.25, 0.3) is 0 Å². The number of nitro groups is 1. The number of nitro benzene ring substituents is 1. The molecule has 0 radical (unpaired) electrons. The van der Waals surface area contributed by atoms with E-state index in [1.165, 1.54) is 30.5 Å². The molecule has 1 N–H and O–H groups in total. The van der Waals surface area contributed by atoms with Crippen LogP contribution in [-0.2, 0) is 16.0 Å². The lowest BCUT2D eigenvalue weighted by molar-refractivity contribution is -0.384. The van der Waals surface area contributed by atoms with Crippen LogP contribution in [0.2, 0.25) is 0 Å². The minimum atomic E-state index is -0.486. The maximum absolute atomic E-state index is 12.5. The summed E-state index contributed by atoms with van der Waals surface area (Å²) in [6.07, 6.45) is 3.40. The van der Waals surface area contributed by atoms with E-state index in [1.807, 2.05) is 24.3 Å². The van der Waals surface area contributed by atoms with Crippen LogP contribution in [0.1, 0.15) is 30.4 Å². The van der Waals surface area contributed by atoms with Gasteiger partial charge in [0.05, 0.1) is 11.1 Å². The normalized spacial score (nSPS) is 13.2. The lowest BCUT2D eigenvalue weighted by Crippen LogP contribution is -2.36. The average Bonchev–Trinajstić information content (AvgIpc) is 2.72. The fourth-order valence-corrected chi connectivity index (χ4v) is 3.06. The number of para-hydroxylation sites is 1. The van der Waals surface area contributed by atoms with Gasteiger partial charge in [0.25, 0.3) is 5.69 Å². The number of non-ortho nitro benzene ring substituents is 1. The van der Waals surface area contributed by atoms with E-state index in [0.29, 0.717) is 12.1 Å². The summed E-state index contributed by atoms with van der Waals surface area (Å²) >= 11 is 0. The summed E-state index contributed by atoms with van der Waals surface area (Å²) in [5.41, 5.74) is 5.05. The van der Waals surface area contributed by atoms with Crippen LogP contribution in [0.4, 0.5) is 11.4 Å². The third kappa shape index (κ3) is 4.79. The van der Waals surface area contributed by atoms with Crippen LogP contribution in [0.5, 0.6) is 0 Å². The Hall–Kier alpha value is -3.55. The van der Waals surface area contributed by atoms with E-state index in [-0.39, 0.29) is 30.3 Å². The molecule has 0 bridgehead atoms. The molecule has 0 atom stereocenters. The predicted molar refractivity (Wildman–Crippen MR) is 105 cm³/mol. The number of hydrogen-bond donors (Lipinski definition) is 1. The van der Waals surface area contributed by atoms with Crippen LogP contribution in [0.3, 0.4) is 0 Å². The highest BCUT2D eigenvalue weighted by Gasteiger charge is 2.22. The number of anilines is 1. The van der Waals surface area contributed by atoms with E-state index >= 15 is 0 Å². The number of carbonyl (C=O) groups excluding carboxylic acids is 2. The fraction of sp³-hybridized carbons (Fsp3) is 0.250. The van der Waals surface area contributed by atoms with Crippen molar-refractivity contribution in [3.8, 4) is 0 Å². The molecular weight excluding hydrogens is 360 g/mol. The van der Waals surface area contributed by atoms with Crippen LogP contribution in [0, 0.1) is 10.1 Å². The Labute approximate surface area is 162 Å². The molecule has 8 nitrogen and oxygen atoms in total. The van der Waals surface area contributed by atoms with Gasteiger partial charge in [-0.25, -0.2) is 5.43 Å². The molecule has 1 aliphatic rings. The molecule has 2 aromatic carbocycles. The van der Waals surface area contributed by atoms with E-state index in [9.17, 15) is 19.7 Å². The fourth-order valence-electron chi connectivity index (χ4n) is 3.06. The molecule has 0 fully saturated rings. The van der Waals surface area contributed by atoms with Gasteiger partial charge in [-0.15, -0.1) is 0 Å². The SMILES string of the molecule is O=C(CCC(=O)N1CCCc2ccccc21)N/N=C/c1ccc([N+](=O)[O-])cc1. The van der Waals surface area contributed by atoms with Gasteiger partial charge in [0.15, 0.2) is 0 Å². The maximum Gasteiger partial charge on any atom is 0.269 e. The van der Waals surface area contributed by atoms with Crippen LogP contribution >= 0.6 is 0 Å². The first kappa shape index (κ1) is 19.2. The molecule has 0 aliphatic carbocycles. The number of nitrogens with zero attached hydrogens (tertiary/aromatic N) is 3. The van der Waals surface area contributed by atoms with Gasteiger partial charge >= 0.3 is 0 Å². The summed E-state index contributed by atoms with van der Waals surface area (Å²) in [7, 11) is 0. The van der Waals surface area contributed by atoms with Gasteiger partial charge < -0.3 is 4.90 Å². The number of benzene rings is 2. The van der Waals surface area contributed by atoms with Gasteiger partial charge in [-0.2, -0.15) is 5.10 Å². The Kier molecular flexibility index (Phi) is 6.11. The van der Waals surface area contributed by atoms with E-state index in [4.69, 9.17) is 0 Å². The molecule has 0 saturated heterocycles. The standard InChI is InChI=1S/C20H20N4O4/c25-19(22-21-14-15-7-9-17(10-8-15)24(27)28)11-12-20(26)23-13-3-5-16-4-1-2-6-18(16)23/h1-2,4,6-10,14H,3,5,11-13H2,(H,22,25)/b21-14+. The van der Waals surface area contributed by atoms with Crippen molar-refractivity contribution in [2.75, 3.05) is 11.4 Å². The lowest BCUT2D eigenvalue weighted by atomic mass is 10.0. The molecule has 0 unspecified atom stereocenters. The Morgan fingerprint density at radius 3 is 2.64 bits per heavy atom. The van der Waals surface area contributed by atoms with Crippen molar-refractivity contribution in [2.24, 2.45) is 5.10 Å². The number of aryl methyl sites for hydroxylation is 1. The minimum Gasteiger partial charge on any atom is -0.312 e. The van der Waals surface area contributed by atoms with E-state index in [0.717, 1.165) is 24.1 Å². The van der Waals surface area contributed by atoms with Gasteiger partial charge in [0.2, 0.25) is 11.8 Å². The molecule has 28 heavy (non-hydrogen) atoms. The Morgan fingerprint density at radius 2 is 1.89 bits per heavy atom. The first-order chi connectivity index (χ1) is 13.5. The summed E-state index contributed by atoms with van der Waals surface area (Å²) in [5, 5.41) is 14.4. The summed E-state index contributed by atoms with van der Waals surface area (Å²) in [5.74, 6) is -0.446. The van der Waals surface area contributed by atoms with E-state index < -0.39 is 4.92 Å². The van der Waals surface area contributed by atoms with Gasteiger partial charge in [0.1, 0.15) is 0 Å². The van der Waals surface area contributed by atoms with Crippen molar-refractivity contribution in [1.29, 1.82) is 0 Å². The van der Waals surface area contributed by atoms with Crippen LogP contribution < -0.4 is 10.3 Å². The van der Waals surface area contributed by atoms with Gasteiger partial charge in [-0.3, -0.25) is 19.7 Å². The largest absolute Gasteiger partial charge is 0.312 e. The third-order valence-electron chi connectivity index (χ3n) is 4.48. The second-order valence-corrected chi connectivity index (χ2v) is 6.42. The molecule has 0 aromatic heterocycles. The molecule has 3 rings (SSSR count). The van der Waals surface area contributed by atoms with Crippen molar-refractivity contribution in [1.82, 2.24) is 5.43 Å². The number of nitrogens with one attached hydrogen (secondary N) is 1. The third-order valence-corrected chi connectivity index (χ3v) is 4.48. The lowest BCUT2D eigenvalue weighted by Gasteiger charge is -2.29. The molecule has 1 heterocycles. The zero-order valence-corrected chi connectivity index (χ0v) is 15.2. The van der Waals surface area contributed by atoms with Crippen molar-refractivity contribution in [3.63, 3.8) is 0 Å².